The number of nitrogens with two attached hydrogens (primary N) is 1. The van der Waals surface area contributed by atoms with Gasteiger partial charge in [0.25, 0.3) is 10.1 Å². The summed E-state index contributed by atoms with van der Waals surface area (Å²) in [4.78, 5) is 13.4. The fourth-order valence-corrected chi connectivity index (χ4v) is 3.36. The Morgan fingerprint density at radius 2 is 2.00 bits per heavy atom. The molecular formula is C18H16F3NO5S. The molecule has 6 nitrogen and oxygen atoms in total. The summed E-state index contributed by atoms with van der Waals surface area (Å²) >= 11 is 0. The zero-order valence-electron chi connectivity index (χ0n) is 20.7. The maximum atomic E-state index is 13.4. The van der Waals surface area contributed by atoms with Crippen molar-refractivity contribution in [2.75, 3.05) is 5.70 Å². The Kier molecular flexibility index (Phi) is 3.10. The van der Waals surface area contributed by atoms with Crippen LogP contribution in [0.5, 0.6) is 0 Å². The van der Waals surface area contributed by atoms with Gasteiger partial charge in [0.15, 0.2) is 12.0 Å². The molecule has 2 aliphatic rings. The summed E-state index contributed by atoms with van der Waals surface area (Å²) < 4.78 is 134. The lowest BCUT2D eigenvalue weighted by molar-refractivity contribution is -0.137. The smallest absolute Gasteiger partial charge is 0.416 e. The van der Waals surface area contributed by atoms with Crippen molar-refractivity contribution in [3.8, 4) is 0 Å². The van der Waals surface area contributed by atoms with Gasteiger partial charge in [0.2, 0.25) is 5.78 Å². The van der Waals surface area contributed by atoms with Crippen LogP contribution in [0.15, 0.2) is 59.9 Å². The number of benzene rings is 1. The molecular weight excluding hydrogens is 399 g/mol. The van der Waals surface area contributed by atoms with Gasteiger partial charge in [0, 0.05) is 15.1 Å². The van der Waals surface area contributed by atoms with Crippen molar-refractivity contribution in [1.29, 1.82) is 0 Å². The summed E-state index contributed by atoms with van der Waals surface area (Å²) in [6.45, 7) is 0. The second-order valence-corrected chi connectivity index (χ2v) is 6.92. The van der Waals surface area contributed by atoms with Crippen molar-refractivity contribution < 1.29 is 45.3 Å². The summed E-state index contributed by atoms with van der Waals surface area (Å²) in [5, 5.41) is 0. The molecule has 3 rings (SSSR count). The fourth-order valence-electron chi connectivity index (χ4n) is 2.74. The molecule has 1 aliphatic carbocycles. The lowest BCUT2D eigenvalue weighted by Crippen LogP contribution is -2.34. The van der Waals surface area contributed by atoms with Gasteiger partial charge in [0.05, 0.1) is 22.3 Å². The molecule has 0 saturated heterocycles. The van der Waals surface area contributed by atoms with Crippen LogP contribution in [-0.2, 0) is 25.8 Å². The molecule has 0 amide bonds. The average Bonchev–Trinajstić information content (AvgIpc) is 3.04. The molecule has 0 radical (unpaired) electrons. The van der Waals surface area contributed by atoms with Crippen LogP contribution in [0.25, 0.3) is 0 Å². The van der Waals surface area contributed by atoms with E-state index >= 15 is 0 Å². The highest BCUT2D eigenvalue weighted by Gasteiger charge is 2.48. The van der Waals surface area contributed by atoms with Crippen LogP contribution in [0, 0.1) is 5.41 Å². The van der Waals surface area contributed by atoms with Crippen LogP contribution in [0.3, 0.4) is 0 Å². The first-order valence-corrected chi connectivity index (χ1v) is 8.89. The van der Waals surface area contributed by atoms with E-state index in [4.69, 9.17) is 20.1 Å². The highest BCUT2D eigenvalue weighted by atomic mass is 32.2. The summed E-state index contributed by atoms with van der Waals surface area (Å²) in [5.41, 5.74) is -4.29. The van der Waals surface area contributed by atoms with Crippen molar-refractivity contribution in [3.63, 3.8) is 0 Å². The van der Waals surface area contributed by atoms with Crippen LogP contribution in [-0.4, -0.2) is 24.5 Å². The average molecular weight is 422 g/mol. The summed E-state index contributed by atoms with van der Waals surface area (Å²) in [6.07, 6.45) is -9.11. The first-order valence-electron chi connectivity index (χ1n) is 11.0. The number of halogens is 3. The van der Waals surface area contributed by atoms with E-state index in [0.717, 1.165) is 12.1 Å². The van der Waals surface area contributed by atoms with Gasteiger partial charge in [0.1, 0.15) is 0 Å². The Labute approximate surface area is 168 Å². The van der Waals surface area contributed by atoms with Crippen molar-refractivity contribution >= 4 is 15.9 Å². The molecule has 0 fully saturated rings. The second-order valence-electron chi connectivity index (χ2n) is 5.77. The highest BCUT2D eigenvalue weighted by molar-refractivity contribution is 7.85. The Hall–Kier alpha value is -2.59. The van der Waals surface area contributed by atoms with E-state index < -0.39 is 86.9 Å². The van der Waals surface area contributed by atoms with Crippen LogP contribution in [0.2, 0.25) is 0 Å². The van der Waals surface area contributed by atoms with Gasteiger partial charge < -0.3 is 10.5 Å². The van der Waals surface area contributed by atoms with Crippen molar-refractivity contribution in [1.82, 2.24) is 0 Å². The third-order valence-electron chi connectivity index (χ3n) is 3.88. The number of ketones is 1. The molecule has 1 aliphatic heterocycles. The van der Waals surface area contributed by atoms with Gasteiger partial charge in [-0.3, -0.25) is 9.35 Å². The van der Waals surface area contributed by atoms with Crippen LogP contribution in [0.4, 0.5) is 13.2 Å². The molecule has 28 heavy (non-hydrogen) atoms. The number of carbonyl (C=O) groups is 1. The monoisotopic (exact) mass is 422 g/mol. The molecule has 1 heterocycles. The zero-order chi connectivity index (χ0) is 26.9. The van der Waals surface area contributed by atoms with E-state index in [9.17, 15) is 30.9 Å². The van der Waals surface area contributed by atoms with E-state index in [1.807, 2.05) is 0 Å². The predicted molar refractivity (Wildman–Crippen MR) is 93.2 cm³/mol. The molecule has 0 saturated carbocycles. The second kappa shape index (κ2) is 6.78. The van der Waals surface area contributed by atoms with Gasteiger partial charge >= 0.3 is 6.18 Å². The first-order chi connectivity index (χ1) is 15.8. The number of allylic oxidation sites excluding steroid dienone is 4. The highest BCUT2D eigenvalue weighted by Crippen LogP contribution is 2.45. The maximum absolute atomic E-state index is 13.4. The van der Waals surface area contributed by atoms with Gasteiger partial charge in [-0.15, -0.1) is 0 Å². The van der Waals surface area contributed by atoms with Crippen LogP contribution < -0.4 is 5.73 Å². The van der Waals surface area contributed by atoms with E-state index in [0.29, 0.717) is 12.1 Å². The van der Waals surface area contributed by atoms with Crippen molar-refractivity contribution in [2.24, 2.45) is 11.1 Å². The molecule has 1 aromatic carbocycles. The normalized spacial score (nSPS) is 33.4. The van der Waals surface area contributed by atoms with Crippen molar-refractivity contribution in [2.45, 2.75) is 18.7 Å². The van der Waals surface area contributed by atoms with Gasteiger partial charge in [-0.2, -0.15) is 21.6 Å². The minimum absolute atomic E-state index is 0.231. The quantitative estimate of drug-likeness (QED) is 0.723. The van der Waals surface area contributed by atoms with Crippen molar-refractivity contribution in [3.05, 3.63) is 71.1 Å². The van der Waals surface area contributed by atoms with E-state index in [-0.39, 0.29) is 5.56 Å². The Balaban J connectivity index is 2.27. The summed E-state index contributed by atoms with van der Waals surface area (Å²) in [5.74, 6) is -2.39. The molecule has 10 heteroatoms. The Morgan fingerprint density at radius 3 is 2.57 bits per heavy atom. The van der Waals surface area contributed by atoms with Crippen LogP contribution in [0.1, 0.15) is 33.2 Å². The molecule has 3 unspecified atom stereocenters. The topological polar surface area (TPSA) is 107 Å². The largest absolute Gasteiger partial charge is 0.463 e. The fraction of sp³-hybridized carbons (Fsp3) is 0.278. The molecule has 0 bridgehead atoms. The number of carbonyl (C=O) groups excluding carboxylic acids is 1. The van der Waals surface area contributed by atoms with E-state index in [1.165, 1.54) is 0 Å². The molecule has 3 N–H and O–H groups in total. The minimum atomic E-state index is -5.89. The summed E-state index contributed by atoms with van der Waals surface area (Å²) in [7, 11) is -5.89. The first kappa shape index (κ1) is 12.8. The predicted octanol–water partition coefficient (Wildman–Crippen LogP) is 2.91. The number of alkyl halides is 3. The third-order valence-corrected chi connectivity index (χ3v) is 4.46. The van der Waals surface area contributed by atoms with E-state index in [2.05, 4.69) is 0 Å². The Bertz CT molecular complexity index is 1310. The molecule has 0 aromatic heterocycles. The van der Waals surface area contributed by atoms with Crippen LogP contribution >= 0.6 is 0 Å². The number of ether oxygens (including phenoxy) is 1. The molecule has 3 atom stereocenters. The lowest BCUT2D eigenvalue weighted by Gasteiger charge is -2.30. The summed E-state index contributed by atoms with van der Waals surface area (Å²) in [6, 6.07) is -1.90. The third kappa shape index (κ3) is 3.83. The van der Waals surface area contributed by atoms with Gasteiger partial charge in [-0.25, -0.2) is 0 Å². The number of rotatable bonds is 4. The zero-order valence-corrected chi connectivity index (χ0v) is 14.5. The van der Waals surface area contributed by atoms with Gasteiger partial charge in [-0.05, 0) is 18.5 Å². The molecule has 0 spiro atoms. The SMILES string of the molecule is [2H]C1=C([2H])C([2H])C(C2=C(N)OC(c3ccc(C(F)(F)F)cc3)C2=O)(C([2H])([2H])S(=O)(=O)O)C([2H])=C1[2H]. The minimum Gasteiger partial charge on any atom is -0.463 e. The van der Waals surface area contributed by atoms with E-state index in [1.54, 1.807) is 0 Å². The number of Topliss-reactive ketones (excluding diaryl/α,β-unsaturated/α-hetero) is 1. The molecule has 150 valence electrons. The molecule has 1 aromatic rings. The maximum Gasteiger partial charge on any atom is 0.416 e. The number of hydrogen-bond acceptors (Lipinski definition) is 5. The van der Waals surface area contributed by atoms with Gasteiger partial charge in [-0.1, -0.05) is 36.3 Å². The lowest BCUT2D eigenvalue weighted by atomic mass is 9.74. The number of hydrogen-bond donors (Lipinski definition) is 2. The standard InChI is InChI=1S/C18H16F3NO5S/c19-18(20,21)12-6-4-11(5-7-12)15-14(23)13(16(22)27-15)17(10-28(24,25)26)8-2-1-3-9-17/h1-8,15H,9-10,22H2,(H,24,25,26)/i1D,2D,3D,8D,9D,10D2. The Morgan fingerprint density at radius 1 is 1.36 bits per heavy atom.